The lowest BCUT2D eigenvalue weighted by atomic mass is 10.9. The van der Waals surface area contributed by atoms with Crippen LogP contribution in [0.3, 0.4) is 0 Å². The number of hydrogen-bond donors (Lipinski definition) is 2. The molecule has 0 radical (unpaired) electrons. The predicted molar refractivity (Wildman–Crippen MR) is 30.6 cm³/mol. The SMILES string of the molecule is OC=C1NC=CS1. The van der Waals surface area contributed by atoms with Crippen LogP contribution in [0.4, 0.5) is 0 Å². The Bertz CT molecular complexity index is 109. The number of rotatable bonds is 0. The fraction of sp³-hybridized carbons (Fsp3) is 0. The maximum Gasteiger partial charge on any atom is 0.111 e. The topological polar surface area (TPSA) is 32.3 Å². The minimum Gasteiger partial charge on any atom is -0.513 e. The van der Waals surface area contributed by atoms with Crippen LogP contribution in [0, 0.1) is 0 Å². The number of aliphatic hydroxyl groups excluding tert-OH is 1. The van der Waals surface area contributed by atoms with E-state index in [1.54, 1.807) is 6.20 Å². The Morgan fingerprint density at radius 3 is 3.00 bits per heavy atom. The van der Waals surface area contributed by atoms with Crippen LogP contribution >= 0.6 is 11.8 Å². The Hall–Kier alpha value is -0.570. The van der Waals surface area contributed by atoms with Crippen LogP contribution in [-0.4, -0.2) is 5.11 Å². The van der Waals surface area contributed by atoms with E-state index in [4.69, 9.17) is 5.11 Å². The predicted octanol–water partition coefficient (Wildman–Crippen LogP) is 1.15. The molecule has 38 valence electrons. The molecule has 0 bridgehead atoms. The lowest BCUT2D eigenvalue weighted by molar-refractivity contribution is 0.469. The van der Waals surface area contributed by atoms with Crippen LogP contribution < -0.4 is 5.32 Å². The Labute approximate surface area is 45.9 Å². The van der Waals surface area contributed by atoms with Crippen molar-refractivity contribution in [1.82, 2.24) is 5.32 Å². The molecule has 2 N–H and O–H groups in total. The molecule has 0 aromatic rings. The van der Waals surface area contributed by atoms with Crippen LogP contribution in [-0.2, 0) is 0 Å². The van der Waals surface area contributed by atoms with Crippen molar-refractivity contribution in [2.75, 3.05) is 0 Å². The number of nitrogens with one attached hydrogen (secondary N) is 1. The minimum absolute atomic E-state index is 0.778. The van der Waals surface area contributed by atoms with Crippen LogP contribution in [0.25, 0.3) is 0 Å². The van der Waals surface area contributed by atoms with Crippen LogP contribution in [0.2, 0.25) is 0 Å². The van der Waals surface area contributed by atoms with E-state index in [9.17, 15) is 0 Å². The van der Waals surface area contributed by atoms with Crippen molar-refractivity contribution in [3.63, 3.8) is 0 Å². The Balaban J connectivity index is 2.51. The Morgan fingerprint density at radius 1 is 1.86 bits per heavy atom. The Morgan fingerprint density at radius 2 is 2.71 bits per heavy atom. The van der Waals surface area contributed by atoms with Gasteiger partial charge >= 0.3 is 0 Å². The summed E-state index contributed by atoms with van der Waals surface area (Å²) in [7, 11) is 0. The molecule has 0 amide bonds. The third-order valence-corrected chi connectivity index (χ3v) is 1.36. The van der Waals surface area contributed by atoms with Gasteiger partial charge in [0.2, 0.25) is 0 Å². The summed E-state index contributed by atoms with van der Waals surface area (Å²) in [6.07, 6.45) is 2.82. The van der Waals surface area contributed by atoms with Crippen LogP contribution in [0.15, 0.2) is 22.9 Å². The van der Waals surface area contributed by atoms with Gasteiger partial charge in [-0.3, -0.25) is 0 Å². The third-order valence-electron chi connectivity index (χ3n) is 0.606. The quantitative estimate of drug-likeness (QED) is 0.464. The van der Waals surface area contributed by atoms with Crippen molar-refractivity contribution in [3.05, 3.63) is 22.9 Å². The van der Waals surface area contributed by atoms with Gasteiger partial charge in [0.1, 0.15) is 11.3 Å². The van der Waals surface area contributed by atoms with Gasteiger partial charge in [0.05, 0.1) is 0 Å². The average molecular weight is 115 g/mol. The van der Waals surface area contributed by atoms with E-state index < -0.39 is 0 Å². The summed E-state index contributed by atoms with van der Waals surface area (Å²) in [6, 6.07) is 0. The normalized spacial score (nSPS) is 23.1. The van der Waals surface area contributed by atoms with E-state index >= 15 is 0 Å². The second kappa shape index (κ2) is 1.93. The van der Waals surface area contributed by atoms with E-state index in [0.29, 0.717) is 0 Å². The van der Waals surface area contributed by atoms with Gasteiger partial charge in [0.25, 0.3) is 0 Å². The first-order valence-electron chi connectivity index (χ1n) is 1.86. The lowest BCUT2D eigenvalue weighted by Crippen LogP contribution is -1.93. The average Bonchev–Trinajstić information content (AvgIpc) is 2.14. The maximum absolute atomic E-state index is 8.28. The standard InChI is InChI=1S/C4H5NOS/c6-3-4-5-1-2-7-4/h1-3,5-6H. The van der Waals surface area contributed by atoms with Gasteiger partial charge in [-0.1, -0.05) is 11.8 Å². The first-order chi connectivity index (χ1) is 3.43. The van der Waals surface area contributed by atoms with Crippen molar-refractivity contribution in [1.29, 1.82) is 0 Å². The highest BCUT2D eigenvalue weighted by molar-refractivity contribution is 8.06. The molecule has 0 saturated heterocycles. The number of hydrogen-bond acceptors (Lipinski definition) is 3. The van der Waals surface area contributed by atoms with Crippen molar-refractivity contribution in [3.8, 4) is 0 Å². The molecule has 0 atom stereocenters. The van der Waals surface area contributed by atoms with E-state index in [1.807, 2.05) is 5.41 Å². The fourth-order valence-corrected chi connectivity index (χ4v) is 0.805. The molecule has 2 nitrogen and oxygen atoms in total. The van der Waals surface area contributed by atoms with Gasteiger partial charge < -0.3 is 10.4 Å². The summed E-state index contributed by atoms with van der Waals surface area (Å²) in [5.41, 5.74) is 0. The largest absolute Gasteiger partial charge is 0.513 e. The van der Waals surface area contributed by atoms with Gasteiger partial charge in [-0.2, -0.15) is 0 Å². The third kappa shape index (κ3) is 0.899. The molecular weight excluding hydrogens is 110 g/mol. The molecule has 0 aromatic heterocycles. The fourth-order valence-electron chi connectivity index (χ4n) is 0.325. The summed E-state index contributed by atoms with van der Waals surface area (Å²) in [5.74, 6) is 0. The maximum atomic E-state index is 8.28. The van der Waals surface area contributed by atoms with E-state index in [1.165, 1.54) is 11.8 Å². The molecule has 0 spiro atoms. The molecule has 3 heteroatoms. The second-order valence-corrected chi connectivity index (χ2v) is 2.01. The molecule has 1 aliphatic rings. The molecule has 1 rings (SSSR count). The summed E-state index contributed by atoms with van der Waals surface area (Å²) in [5, 5.41) is 13.7. The molecule has 7 heavy (non-hydrogen) atoms. The summed E-state index contributed by atoms with van der Waals surface area (Å²) in [6.45, 7) is 0. The monoisotopic (exact) mass is 115 g/mol. The van der Waals surface area contributed by atoms with E-state index in [0.717, 1.165) is 11.3 Å². The molecule has 0 unspecified atom stereocenters. The number of aliphatic hydroxyl groups is 1. The highest BCUT2D eigenvalue weighted by atomic mass is 32.2. The summed E-state index contributed by atoms with van der Waals surface area (Å²) >= 11 is 1.46. The zero-order chi connectivity index (χ0) is 5.11. The van der Waals surface area contributed by atoms with Crippen molar-refractivity contribution in [2.24, 2.45) is 0 Å². The number of thioether (sulfide) groups is 1. The van der Waals surface area contributed by atoms with Gasteiger partial charge in [-0.05, 0) is 5.41 Å². The highest BCUT2D eigenvalue weighted by Gasteiger charge is 1.95. The van der Waals surface area contributed by atoms with Crippen molar-refractivity contribution >= 4 is 11.8 Å². The Kier molecular flexibility index (Phi) is 1.26. The van der Waals surface area contributed by atoms with Crippen molar-refractivity contribution in [2.45, 2.75) is 0 Å². The molecule has 0 aliphatic carbocycles. The zero-order valence-corrected chi connectivity index (χ0v) is 4.40. The lowest BCUT2D eigenvalue weighted by Gasteiger charge is -1.88. The summed E-state index contributed by atoms with van der Waals surface area (Å²) in [4.78, 5) is 0. The van der Waals surface area contributed by atoms with Gasteiger partial charge in [0, 0.05) is 6.20 Å². The molecule has 1 heterocycles. The first kappa shape index (κ1) is 4.59. The zero-order valence-electron chi connectivity index (χ0n) is 3.59. The minimum atomic E-state index is 0.778. The smallest absolute Gasteiger partial charge is 0.111 e. The molecule has 0 fully saturated rings. The van der Waals surface area contributed by atoms with Crippen LogP contribution in [0.1, 0.15) is 0 Å². The second-order valence-electron chi connectivity index (χ2n) is 1.06. The van der Waals surface area contributed by atoms with E-state index in [2.05, 4.69) is 5.32 Å². The molecular formula is C4H5NOS. The van der Waals surface area contributed by atoms with Gasteiger partial charge in [-0.15, -0.1) is 0 Å². The summed E-state index contributed by atoms with van der Waals surface area (Å²) < 4.78 is 0. The van der Waals surface area contributed by atoms with Gasteiger partial charge in [0.15, 0.2) is 0 Å². The van der Waals surface area contributed by atoms with Crippen LogP contribution in [0.5, 0.6) is 0 Å². The molecule has 0 saturated carbocycles. The first-order valence-corrected chi connectivity index (χ1v) is 2.74. The molecule has 1 aliphatic heterocycles. The highest BCUT2D eigenvalue weighted by Crippen LogP contribution is 2.17. The van der Waals surface area contributed by atoms with Crippen molar-refractivity contribution < 1.29 is 5.11 Å². The van der Waals surface area contributed by atoms with E-state index in [-0.39, 0.29) is 0 Å². The van der Waals surface area contributed by atoms with Gasteiger partial charge in [-0.25, -0.2) is 0 Å². The molecule has 0 aromatic carbocycles.